The van der Waals surface area contributed by atoms with Crippen molar-refractivity contribution >= 4 is 17.5 Å². The van der Waals surface area contributed by atoms with Crippen LogP contribution in [0, 0.1) is 0 Å². The number of amides is 1. The Morgan fingerprint density at radius 3 is 2.64 bits per heavy atom. The number of aromatic amines is 1. The summed E-state index contributed by atoms with van der Waals surface area (Å²) in [6.45, 7) is 2.37. The topological polar surface area (TPSA) is 58.2 Å². The van der Waals surface area contributed by atoms with Crippen LogP contribution in [0.4, 0.5) is 0 Å². The molecular formula is C22H24ClN3O2. The number of aryl methyl sites for hydroxylation is 1. The second-order valence-electron chi connectivity index (χ2n) is 6.70. The molecule has 2 aromatic carbocycles. The highest BCUT2D eigenvalue weighted by molar-refractivity contribution is 6.32. The predicted octanol–water partition coefficient (Wildman–Crippen LogP) is 4.59. The van der Waals surface area contributed by atoms with Crippen molar-refractivity contribution in [3.63, 3.8) is 0 Å². The molecule has 0 saturated heterocycles. The van der Waals surface area contributed by atoms with Crippen LogP contribution in [-0.2, 0) is 11.2 Å². The van der Waals surface area contributed by atoms with Crippen molar-refractivity contribution in [2.45, 2.75) is 25.9 Å². The van der Waals surface area contributed by atoms with Gasteiger partial charge in [0.1, 0.15) is 5.75 Å². The van der Waals surface area contributed by atoms with Crippen molar-refractivity contribution in [2.75, 3.05) is 13.6 Å². The van der Waals surface area contributed by atoms with Crippen LogP contribution in [0.15, 0.2) is 60.7 Å². The van der Waals surface area contributed by atoms with Gasteiger partial charge in [0, 0.05) is 24.8 Å². The number of nitrogens with one attached hydrogen (secondary N) is 1. The lowest BCUT2D eigenvalue weighted by atomic mass is 10.1. The highest BCUT2D eigenvalue weighted by Gasteiger charge is 2.19. The summed E-state index contributed by atoms with van der Waals surface area (Å²) in [5.41, 5.74) is 3.07. The molecular weight excluding hydrogens is 374 g/mol. The van der Waals surface area contributed by atoms with Crippen LogP contribution in [0.2, 0.25) is 5.02 Å². The molecule has 0 aliphatic heterocycles. The smallest absolute Gasteiger partial charge is 0.263 e. The van der Waals surface area contributed by atoms with Crippen molar-refractivity contribution < 1.29 is 9.53 Å². The van der Waals surface area contributed by atoms with Crippen molar-refractivity contribution in [3.8, 4) is 17.0 Å². The lowest BCUT2D eigenvalue weighted by Gasteiger charge is -2.22. The molecule has 0 fully saturated rings. The van der Waals surface area contributed by atoms with Gasteiger partial charge in [-0.1, -0.05) is 54.1 Å². The van der Waals surface area contributed by atoms with E-state index < -0.39 is 6.10 Å². The molecule has 0 saturated carbocycles. The van der Waals surface area contributed by atoms with Gasteiger partial charge in [-0.3, -0.25) is 9.89 Å². The molecule has 1 heterocycles. The van der Waals surface area contributed by atoms with E-state index in [-0.39, 0.29) is 5.91 Å². The van der Waals surface area contributed by atoms with Crippen molar-refractivity contribution in [1.82, 2.24) is 15.1 Å². The van der Waals surface area contributed by atoms with Gasteiger partial charge in [-0.2, -0.15) is 5.10 Å². The molecule has 0 aliphatic rings. The fraction of sp³-hybridized carbons (Fsp3) is 0.273. The average molecular weight is 398 g/mol. The van der Waals surface area contributed by atoms with Crippen molar-refractivity contribution in [1.29, 1.82) is 0 Å². The molecule has 1 amide bonds. The maximum absolute atomic E-state index is 12.5. The van der Waals surface area contributed by atoms with Gasteiger partial charge in [0.15, 0.2) is 6.10 Å². The Kier molecular flexibility index (Phi) is 6.71. The first-order chi connectivity index (χ1) is 13.5. The van der Waals surface area contributed by atoms with Crippen LogP contribution in [-0.4, -0.2) is 40.7 Å². The molecule has 0 aliphatic carbocycles. The Morgan fingerprint density at radius 1 is 1.18 bits per heavy atom. The number of aromatic nitrogens is 2. The average Bonchev–Trinajstić information content (AvgIpc) is 3.18. The van der Waals surface area contributed by atoms with Gasteiger partial charge < -0.3 is 9.64 Å². The normalized spacial score (nSPS) is 11.8. The van der Waals surface area contributed by atoms with E-state index in [0.29, 0.717) is 17.3 Å². The lowest BCUT2D eigenvalue weighted by Crippen LogP contribution is -2.38. The number of H-pyrrole nitrogens is 1. The number of ether oxygens (including phenoxy) is 1. The number of carbonyl (C=O) groups is 1. The largest absolute Gasteiger partial charge is 0.479 e. The van der Waals surface area contributed by atoms with E-state index in [2.05, 4.69) is 16.3 Å². The van der Waals surface area contributed by atoms with Crippen LogP contribution in [0.25, 0.3) is 11.3 Å². The molecule has 28 heavy (non-hydrogen) atoms. The monoisotopic (exact) mass is 397 g/mol. The maximum Gasteiger partial charge on any atom is 0.263 e. The zero-order valence-electron chi connectivity index (χ0n) is 16.1. The number of hydrogen-bond acceptors (Lipinski definition) is 3. The second-order valence-corrected chi connectivity index (χ2v) is 7.11. The molecule has 6 heteroatoms. The summed E-state index contributed by atoms with van der Waals surface area (Å²) in [7, 11) is 1.79. The molecule has 3 aromatic rings. The van der Waals surface area contributed by atoms with Crippen LogP contribution >= 0.6 is 11.6 Å². The highest BCUT2D eigenvalue weighted by atomic mass is 35.5. The first-order valence-corrected chi connectivity index (χ1v) is 9.68. The van der Waals surface area contributed by atoms with Gasteiger partial charge in [-0.25, -0.2) is 0 Å². The molecule has 0 spiro atoms. The number of carbonyl (C=O) groups excluding carboxylic acids is 1. The highest BCUT2D eigenvalue weighted by Crippen LogP contribution is 2.24. The number of hydrogen-bond donors (Lipinski definition) is 1. The van der Waals surface area contributed by atoms with E-state index in [1.165, 1.54) is 0 Å². The first-order valence-electron chi connectivity index (χ1n) is 9.30. The summed E-state index contributed by atoms with van der Waals surface area (Å²) < 4.78 is 5.71. The predicted molar refractivity (Wildman–Crippen MR) is 112 cm³/mol. The Balaban J connectivity index is 1.47. The van der Waals surface area contributed by atoms with Crippen LogP contribution < -0.4 is 4.74 Å². The second kappa shape index (κ2) is 9.42. The maximum atomic E-state index is 12.5. The minimum Gasteiger partial charge on any atom is -0.479 e. The lowest BCUT2D eigenvalue weighted by molar-refractivity contribution is -0.136. The molecule has 3 rings (SSSR count). The fourth-order valence-corrected chi connectivity index (χ4v) is 3.14. The van der Waals surface area contributed by atoms with Gasteiger partial charge in [0.25, 0.3) is 5.91 Å². The molecule has 1 N–H and O–H groups in total. The number of halogens is 1. The van der Waals surface area contributed by atoms with Gasteiger partial charge in [-0.05, 0) is 38.0 Å². The zero-order valence-corrected chi connectivity index (χ0v) is 16.8. The molecule has 146 valence electrons. The van der Waals surface area contributed by atoms with Gasteiger partial charge in [0.05, 0.1) is 10.7 Å². The van der Waals surface area contributed by atoms with E-state index in [1.54, 1.807) is 31.0 Å². The SMILES string of the molecule is CC(Oc1ccccc1Cl)C(=O)N(C)CCCc1cc(-c2ccccc2)n[nH]1. The molecule has 0 bridgehead atoms. The summed E-state index contributed by atoms with van der Waals surface area (Å²) in [4.78, 5) is 14.2. The third-order valence-corrected chi connectivity index (χ3v) is 4.82. The van der Waals surface area contributed by atoms with Crippen molar-refractivity contribution in [3.05, 3.63) is 71.4 Å². The Bertz CT molecular complexity index is 911. The zero-order chi connectivity index (χ0) is 19.9. The molecule has 1 unspecified atom stereocenters. The van der Waals surface area contributed by atoms with E-state index in [0.717, 1.165) is 29.8 Å². The number of nitrogens with zero attached hydrogens (tertiary/aromatic N) is 2. The Labute approximate surface area is 170 Å². The van der Waals surface area contributed by atoms with E-state index in [4.69, 9.17) is 16.3 Å². The first kappa shape index (κ1) is 20.0. The standard InChI is InChI=1S/C22H24ClN3O2/c1-16(28-21-13-7-6-12-19(21)23)22(27)26(2)14-8-11-18-15-20(25-24-18)17-9-4-3-5-10-17/h3-7,9-10,12-13,15-16H,8,11,14H2,1-2H3,(H,24,25). The van der Waals surface area contributed by atoms with E-state index in [9.17, 15) is 4.79 Å². The number of para-hydroxylation sites is 1. The van der Waals surface area contributed by atoms with Gasteiger partial charge in [0.2, 0.25) is 0 Å². The Hall–Kier alpha value is -2.79. The minimum atomic E-state index is -0.596. The summed E-state index contributed by atoms with van der Waals surface area (Å²) in [5, 5.41) is 7.94. The molecule has 1 aromatic heterocycles. The molecule has 0 radical (unpaired) electrons. The summed E-state index contributed by atoms with van der Waals surface area (Å²) in [6, 6.07) is 19.3. The van der Waals surface area contributed by atoms with Gasteiger partial charge >= 0.3 is 0 Å². The minimum absolute atomic E-state index is 0.0745. The van der Waals surface area contributed by atoms with E-state index in [1.807, 2.05) is 42.5 Å². The molecule has 5 nitrogen and oxygen atoms in total. The summed E-state index contributed by atoms with van der Waals surface area (Å²) in [6.07, 6.45) is 1.05. The van der Waals surface area contributed by atoms with E-state index >= 15 is 0 Å². The third kappa shape index (κ3) is 5.14. The number of rotatable bonds is 8. The quantitative estimate of drug-likeness (QED) is 0.604. The Morgan fingerprint density at radius 2 is 1.89 bits per heavy atom. The fourth-order valence-electron chi connectivity index (χ4n) is 2.95. The van der Waals surface area contributed by atoms with Crippen LogP contribution in [0.3, 0.4) is 0 Å². The van der Waals surface area contributed by atoms with Crippen LogP contribution in [0.5, 0.6) is 5.75 Å². The molecule has 1 atom stereocenters. The van der Waals surface area contributed by atoms with Gasteiger partial charge in [-0.15, -0.1) is 0 Å². The van der Waals surface area contributed by atoms with Crippen LogP contribution in [0.1, 0.15) is 19.0 Å². The number of benzene rings is 2. The van der Waals surface area contributed by atoms with Crippen molar-refractivity contribution in [2.24, 2.45) is 0 Å². The number of likely N-dealkylation sites (N-methyl/N-ethyl adjacent to an activating group) is 1. The summed E-state index contributed by atoms with van der Waals surface area (Å²) >= 11 is 6.09. The third-order valence-electron chi connectivity index (χ3n) is 4.50. The summed E-state index contributed by atoms with van der Waals surface area (Å²) in [5.74, 6) is 0.443.